The van der Waals surface area contributed by atoms with E-state index in [1.165, 1.54) is 11.1 Å². The molecule has 5 heteroatoms. The molecular weight excluding hydrogens is 262 g/mol. The smallest absolute Gasteiger partial charge is 0.164 e. The van der Waals surface area contributed by atoms with Gasteiger partial charge in [0.25, 0.3) is 0 Å². The molecule has 2 rings (SSSR count). The zero-order valence-corrected chi connectivity index (χ0v) is 12.2. The van der Waals surface area contributed by atoms with Crippen LogP contribution in [0.25, 0.3) is 11.4 Å². The summed E-state index contributed by atoms with van der Waals surface area (Å²) in [6.07, 6.45) is 0. The summed E-state index contributed by atoms with van der Waals surface area (Å²) in [6, 6.07) is 6.30. The van der Waals surface area contributed by atoms with Crippen molar-refractivity contribution < 1.29 is 4.74 Å². The van der Waals surface area contributed by atoms with Crippen molar-refractivity contribution in [1.82, 2.24) is 14.8 Å². The van der Waals surface area contributed by atoms with Gasteiger partial charge in [-0.25, -0.2) is 0 Å². The summed E-state index contributed by atoms with van der Waals surface area (Å²) in [5.74, 6) is 1.97. The molecule has 0 N–H and O–H groups in total. The molecular formula is C14H18ClN3O. The molecule has 0 aliphatic rings. The highest BCUT2D eigenvalue weighted by Crippen LogP contribution is 2.23. The van der Waals surface area contributed by atoms with E-state index in [2.05, 4.69) is 42.2 Å². The van der Waals surface area contributed by atoms with E-state index in [0.29, 0.717) is 19.0 Å². The first-order valence-corrected chi connectivity index (χ1v) is 6.75. The van der Waals surface area contributed by atoms with Gasteiger partial charge in [0.05, 0.1) is 12.5 Å². The topological polar surface area (TPSA) is 39.9 Å². The number of alkyl halides is 1. The summed E-state index contributed by atoms with van der Waals surface area (Å²) in [5, 5.41) is 8.43. The van der Waals surface area contributed by atoms with Crippen LogP contribution >= 0.6 is 11.6 Å². The van der Waals surface area contributed by atoms with Crippen LogP contribution in [0.2, 0.25) is 0 Å². The number of nitrogens with zero attached hydrogens (tertiary/aromatic N) is 3. The van der Waals surface area contributed by atoms with Gasteiger partial charge < -0.3 is 9.30 Å². The van der Waals surface area contributed by atoms with Crippen LogP contribution in [-0.2, 0) is 17.2 Å². The Bertz CT molecular complexity index is 566. The molecule has 0 saturated carbocycles. The molecule has 0 unspecified atom stereocenters. The van der Waals surface area contributed by atoms with E-state index in [9.17, 15) is 0 Å². The van der Waals surface area contributed by atoms with Gasteiger partial charge >= 0.3 is 0 Å². The number of hydrogen-bond donors (Lipinski definition) is 0. The number of benzene rings is 1. The van der Waals surface area contributed by atoms with E-state index in [-0.39, 0.29) is 0 Å². The first-order valence-electron chi connectivity index (χ1n) is 6.22. The molecule has 4 nitrogen and oxygen atoms in total. The van der Waals surface area contributed by atoms with Gasteiger partial charge in [0.2, 0.25) is 0 Å². The van der Waals surface area contributed by atoms with Crippen molar-refractivity contribution >= 4 is 11.6 Å². The minimum Gasteiger partial charge on any atom is -0.383 e. The molecule has 1 heterocycles. The minimum absolute atomic E-state index is 0.349. The Morgan fingerprint density at radius 1 is 1.26 bits per heavy atom. The summed E-state index contributed by atoms with van der Waals surface area (Å²) in [6.45, 7) is 5.47. The third kappa shape index (κ3) is 2.96. The molecule has 1 aromatic carbocycles. The fourth-order valence-electron chi connectivity index (χ4n) is 2.12. The number of halogens is 1. The Labute approximate surface area is 118 Å². The maximum Gasteiger partial charge on any atom is 0.164 e. The molecule has 0 aliphatic heterocycles. The van der Waals surface area contributed by atoms with Crippen LogP contribution in [0.1, 0.15) is 17.0 Å². The van der Waals surface area contributed by atoms with Crippen molar-refractivity contribution in [2.75, 3.05) is 13.7 Å². The van der Waals surface area contributed by atoms with Crippen LogP contribution in [0.15, 0.2) is 18.2 Å². The van der Waals surface area contributed by atoms with Crippen molar-refractivity contribution in [1.29, 1.82) is 0 Å². The highest BCUT2D eigenvalue weighted by atomic mass is 35.5. The molecule has 0 spiro atoms. The molecule has 19 heavy (non-hydrogen) atoms. The third-order valence-corrected chi connectivity index (χ3v) is 3.33. The van der Waals surface area contributed by atoms with Crippen molar-refractivity contribution in [3.05, 3.63) is 35.2 Å². The largest absolute Gasteiger partial charge is 0.383 e. The van der Waals surface area contributed by atoms with Gasteiger partial charge in [-0.1, -0.05) is 23.8 Å². The van der Waals surface area contributed by atoms with E-state index in [0.717, 1.165) is 17.2 Å². The molecule has 0 amide bonds. The Morgan fingerprint density at radius 3 is 2.68 bits per heavy atom. The average Bonchev–Trinajstić information content (AvgIpc) is 2.79. The minimum atomic E-state index is 0.349. The van der Waals surface area contributed by atoms with Gasteiger partial charge in [0.15, 0.2) is 5.82 Å². The van der Waals surface area contributed by atoms with E-state index in [1.807, 2.05) is 4.57 Å². The molecule has 0 saturated heterocycles. The predicted molar refractivity (Wildman–Crippen MR) is 76.4 cm³/mol. The van der Waals surface area contributed by atoms with Crippen molar-refractivity contribution in [2.45, 2.75) is 26.3 Å². The lowest BCUT2D eigenvalue weighted by atomic mass is 10.1. The number of rotatable bonds is 5. The quantitative estimate of drug-likeness (QED) is 0.790. The van der Waals surface area contributed by atoms with Crippen LogP contribution in [0.4, 0.5) is 0 Å². The summed E-state index contributed by atoms with van der Waals surface area (Å²) < 4.78 is 7.16. The zero-order valence-electron chi connectivity index (χ0n) is 11.5. The average molecular weight is 280 g/mol. The first kappa shape index (κ1) is 14.0. The molecule has 1 aromatic heterocycles. The normalized spacial score (nSPS) is 10.9. The monoisotopic (exact) mass is 279 g/mol. The maximum atomic E-state index is 5.91. The Kier molecular flexibility index (Phi) is 4.56. The summed E-state index contributed by atoms with van der Waals surface area (Å²) >= 11 is 5.91. The molecule has 0 bridgehead atoms. The standard InChI is InChI=1S/C14H18ClN3O/c1-10-4-5-12(11(2)8-10)14-17-16-13(9-15)18(14)6-7-19-3/h4-5,8H,6-7,9H2,1-3H3. The highest BCUT2D eigenvalue weighted by Gasteiger charge is 2.14. The summed E-state index contributed by atoms with van der Waals surface area (Å²) in [7, 11) is 1.68. The molecule has 0 radical (unpaired) electrons. The SMILES string of the molecule is COCCn1c(CCl)nnc1-c1ccc(C)cc1C. The lowest BCUT2D eigenvalue weighted by molar-refractivity contribution is 0.187. The van der Waals surface area contributed by atoms with Gasteiger partial charge in [0.1, 0.15) is 5.82 Å². The fraction of sp³-hybridized carbons (Fsp3) is 0.429. The van der Waals surface area contributed by atoms with Gasteiger partial charge in [-0.3, -0.25) is 0 Å². The number of ether oxygens (including phenoxy) is 1. The van der Waals surface area contributed by atoms with Gasteiger partial charge in [-0.05, 0) is 19.4 Å². The van der Waals surface area contributed by atoms with Crippen LogP contribution in [0, 0.1) is 13.8 Å². The van der Waals surface area contributed by atoms with E-state index in [1.54, 1.807) is 7.11 Å². The molecule has 0 fully saturated rings. The number of aromatic nitrogens is 3. The molecule has 0 aliphatic carbocycles. The molecule has 2 aromatic rings. The van der Waals surface area contributed by atoms with E-state index in [4.69, 9.17) is 16.3 Å². The van der Waals surface area contributed by atoms with Crippen LogP contribution in [0.3, 0.4) is 0 Å². The number of hydrogen-bond acceptors (Lipinski definition) is 3. The van der Waals surface area contributed by atoms with Crippen LogP contribution in [-0.4, -0.2) is 28.5 Å². The lowest BCUT2D eigenvalue weighted by Crippen LogP contribution is -2.09. The number of aryl methyl sites for hydroxylation is 2. The zero-order chi connectivity index (χ0) is 13.8. The number of methoxy groups -OCH3 is 1. The summed E-state index contributed by atoms with van der Waals surface area (Å²) in [5.41, 5.74) is 3.51. The Balaban J connectivity index is 2.46. The fourth-order valence-corrected chi connectivity index (χ4v) is 2.31. The highest BCUT2D eigenvalue weighted by molar-refractivity contribution is 6.16. The van der Waals surface area contributed by atoms with Crippen LogP contribution < -0.4 is 0 Å². The second kappa shape index (κ2) is 6.17. The van der Waals surface area contributed by atoms with Gasteiger partial charge in [0, 0.05) is 19.2 Å². The Morgan fingerprint density at radius 2 is 2.05 bits per heavy atom. The van der Waals surface area contributed by atoms with E-state index >= 15 is 0 Å². The first-order chi connectivity index (χ1) is 9.17. The van der Waals surface area contributed by atoms with Gasteiger partial charge in [-0.15, -0.1) is 21.8 Å². The third-order valence-electron chi connectivity index (χ3n) is 3.09. The Hall–Kier alpha value is -1.39. The van der Waals surface area contributed by atoms with Gasteiger partial charge in [-0.2, -0.15) is 0 Å². The second-order valence-electron chi connectivity index (χ2n) is 4.54. The maximum absolute atomic E-state index is 5.91. The lowest BCUT2D eigenvalue weighted by Gasteiger charge is -2.11. The predicted octanol–water partition coefficient (Wildman–Crippen LogP) is 2.95. The molecule has 0 atom stereocenters. The second-order valence-corrected chi connectivity index (χ2v) is 4.80. The molecule has 102 valence electrons. The van der Waals surface area contributed by atoms with E-state index < -0.39 is 0 Å². The van der Waals surface area contributed by atoms with Crippen molar-refractivity contribution in [3.63, 3.8) is 0 Å². The van der Waals surface area contributed by atoms with Crippen molar-refractivity contribution in [2.24, 2.45) is 0 Å². The summed E-state index contributed by atoms with van der Waals surface area (Å²) in [4.78, 5) is 0. The van der Waals surface area contributed by atoms with Crippen LogP contribution in [0.5, 0.6) is 0 Å². The van der Waals surface area contributed by atoms with Crippen molar-refractivity contribution in [3.8, 4) is 11.4 Å².